The fourth-order valence-corrected chi connectivity index (χ4v) is 1.19. The summed E-state index contributed by atoms with van der Waals surface area (Å²) in [4.78, 5) is 0. The van der Waals surface area contributed by atoms with Crippen LogP contribution in [-0.2, 0) is 0 Å². The molecule has 0 spiro atoms. The molecule has 0 saturated carbocycles. The van der Waals surface area contributed by atoms with Crippen LogP contribution in [0.2, 0.25) is 0 Å². The molecule has 0 aliphatic rings. The normalized spacial score (nSPS) is 9.27. The minimum Gasteiger partial charge on any atom is -0.497 e. The summed E-state index contributed by atoms with van der Waals surface area (Å²) < 4.78 is 10.3. The number of anilines is 1. The standard InChI is InChI=1S/C10H14N2O2S/c1-11-10(15)12-7-4-8(13-2)6-9(5-7)14-3/h4-6H,1-3H3,(H2,11,12,15). The molecule has 2 N–H and O–H groups in total. The number of rotatable bonds is 3. The number of ether oxygens (including phenoxy) is 2. The molecule has 0 amide bonds. The third-order valence-electron chi connectivity index (χ3n) is 1.84. The van der Waals surface area contributed by atoms with Crippen LogP contribution in [0, 0.1) is 0 Å². The first-order chi connectivity index (χ1) is 7.19. The van der Waals surface area contributed by atoms with Gasteiger partial charge in [-0.05, 0) is 12.2 Å². The van der Waals surface area contributed by atoms with E-state index in [0.29, 0.717) is 5.11 Å². The Labute approximate surface area is 94.6 Å². The lowest BCUT2D eigenvalue weighted by Crippen LogP contribution is -2.24. The fourth-order valence-electron chi connectivity index (χ4n) is 1.07. The van der Waals surface area contributed by atoms with Crippen molar-refractivity contribution < 1.29 is 9.47 Å². The lowest BCUT2D eigenvalue weighted by Gasteiger charge is -2.10. The number of hydrogen-bond donors (Lipinski definition) is 2. The van der Waals surface area contributed by atoms with Crippen molar-refractivity contribution in [3.63, 3.8) is 0 Å². The fraction of sp³-hybridized carbons (Fsp3) is 0.300. The van der Waals surface area contributed by atoms with E-state index in [2.05, 4.69) is 10.6 Å². The van der Waals surface area contributed by atoms with Crippen molar-refractivity contribution in [3.8, 4) is 11.5 Å². The van der Waals surface area contributed by atoms with Gasteiger partial charge >= 0.3 is 0 Å². The highest BCUT2D eigenvalue weighted by molar-refractivity contribution is 7.80. The molecule has 0 fully saturated rings. The molecule has 0 radical (unpaired) electrons. The number of hydrogen-bond acceptors (Lipinski definition) is 3. The molecule has 0 atom stereocenters. The molecule has 5 heteroatoms. The SMILES string of the molecule is CNC(=S)Nc1cc(OC)cc(OC)c1. The highest BCUT2D eigenvalue weighted by Gasteiger charge is 2.02. The van der Waals surface area contributed by atoms with Gasteiger partial charge in [-0.15, -0.1) is 0 Å². The maximum absolute atomic E-state index is 5.13. The summed E-state index contributed by atoms with van der Waals surface area (Å²) in [5, 5.41) is 6.38. The van der Waals surface area contributed by atoms with Crippen LogP contribution >= 0.6 is 12.2 Å². The zero-order valence-electron chi connectivity index (χ0n) is 8.96. The number of methoxy groups -OCH3 is 2. The predicted octanol–water partition coefficient (Wildman–Crippen LogP) is 1.62. The lowest BCUT2D eigenvalue weighted by atomic mass is 10.3. The van der Waals surface area contributed by atoms with E-state index in [0.717, 1.165) is 17.2 Å². The first kappa shape index (κ1) is 11.6. The summed E-state index contributed by atoms with van der Waals surface area (Å²) in [7, 11) is 4.97. The second-order valence-corrected chi connectivity index (χ2v) is 3.21. The molecule has 1 aromatic carbocycles. The molecule has 0 unspecified atom stereocenters. The summed E-state index contributed by atoms with van der Waals surface area (Å²) in [5.74, 6) is 1.44. The Morgan fingerprint density at radius 1 is 1.13 bits per heavy atom. The summed E-state index contributed by atoms with van der Waals surface area (Å²) >= 11 is 4.99. The second-order valence-electron chi connectivity index (χ2n) is 2.81. The van der Waals surface area contributed by atoms with E-state index < -0.39 is 0 Å². The molecule has 0 heterocycles. The van der Waals surface area contributed by atoms with Crippen molar-refractivity contribution in [1.82, 2.24) is 5.32 Å². The van der Waals surface area contributed by atoms with Crippen molar-refractivity contribution in [1.29, 1.82) is 0 Å². The highest BCUT2D eigenvalue weighted by atomic mass is 32.1. The maximum Gasteiger partial charge on any atom is 0.170 e. The Hall–Kier alpha value is -1.49. The predicted molar refractivity (Wildman–Crippen MR) is 64.8 cm³/mol. The van der Waals surface area contributed by atoms with Gasteiger partial charge in [0.25, 0.3) is 0 Å². The summed E-state index contributed by atoms with van der Waals surface area (Å²) in [6, 6.07) is 5.48. The largest absolute Gasteiger partial charge is 0.497 e. The van der Waals surface area contributed by atoms with E-state index in [1.165, 1.54) is 0 Å². The van der Waals surface area contributed by atoms with E-state index in [1.807, 2.05) is 12.1 Å². The zero-order chi connectivity index (χ0) is 11.3. The molecular weight excluding hydrogens is 212 g/mol. The summed E-state index contributed by atoms with van der Waals surface area (Å²) in [5.41, 5.74) is 0.825. The molecule has 1 aromatic rings. The zero-order valence-corrected chi connectivity index (χ0v) is 9.77. The number of nitrogens with one attached hydrogen (secondary N) is 2. The Bertz CT molecular complexity index is 333. The highest BCUT2D eigenvalue weighted by Crippen LogP contribution is 2.25. The first-order valence-electron chi connectivity index (χ1n) is 4.41. The Morgan fingerprint density at radius 3 is 2.07 bits per heavy atom. The van der Waals surface area contributed by atoms with Gasteiger partial charge < -0.3 is 20.1 Å². The van der Waals surface area contributed by atoms with Crippen LogP contribution in [0.5, 0.6) is 11.5 Å². The average molecular weight is 226 g/mol. The van der Waals surface area contributed by atoms with Gasteiger partial charge in [-0.2, -0.15) is 0 Å². The second kappa shape index (κ2) is 5.41. The molecule has 82 valence electrons. The molecule has 15 heavy (non-hydrogen) atoms. The van der Waals surface area contributed by atoms with Crippen molar-refractivity contribution in [2.24, 2.45) is 0 Å². The van der Waals surface area contributed by atoms with E-state index in [-0.39, 0.29) is 0 Å². The molecule has 0 aliphatic carbocycles. The van der Waals surface area contributed by atoms with E-state index in [1.54, 1.807) is 27.3 Å². The molecular formula is C10H14N2O2S. The van der Waals surface area contributed by atoms with Gasteiger partial charge in [-0.3, -0.25) is 0 Å². The van der Waals surface area contributed by atoms with Crippen LogP contribution in [0.1, 0.15) is 0 Å². The minimum absolute atomic E-state index is 0.547. The average Bonchev–Trinajstić information content (AvgIpc) is 2.28. The molecule has 1 rings (SSSR count). The van der Waals surface area contributed by atoms with E-state index >= 15 is 0 Å². The van der Waals surface area contributed by atoms with Crippen LogP contribution in [0.25, 0.3) is 0 Å². The molecule has 0 saturated heterocycles. The van der Waals surface area contributed by atoms with E-state index in [4.69, 9.17) is 21.7 Å². The van der Waals surface area contributed by atoms with Gasteiger partial charge in [0.15, 0.2) is 5.11 Å². The van der Waals surface area contributed by atoms with Crippen molar-refractivity contribution in [2.45, 2.75) is 0 Å². The number of thiocarbonyl (C=S) groups is 1. The van der Waals surface area contributed by atoms with Gasteiger partial charge in [0.05, 0.1) is 14.2 Å². The first-order valence-corrected chi connectivity index (χ1v) is 4.82. The Balaban J connectivity index is 2.91. The minimum atomic E-state index is 0.547. The third-order valence-corrected chi connectivity index (χ3v) is 2.14. The van der Waals surface area contributed by atoms with Crippen LogP contribution in [0.3, 0.4) is 0 Å². The van der Waals surface area contributed by atoms with Crippen molar-refractivity contribution >= 4 is 23.0 Å². The molecule has 0 aliphatic heterocycles. The maximum atomic E-state index is 5.13. The third kappa shape index (κ3) is 3.28. The van der Waals surface area contributed by atoms with Gasteiger partial charge in [0.2, 0.25) is 0 Å². The van der Waals surface area contributed by atoms with Crippen LogP contribution in [0.15, 0.2) is 18.2 Å². The van der Waals surface area contributed by atoms with Gasteiger partial charge in [0, 0.05) is 30.9 Å². The lowest BCUT2D eigenvalue weighted by molar-refractivity contribution is 0.395. The van der Waals surface area contributed by atoms with Crippen molar-refractivity contribution in [3.05, 3.63) is 18.2 Å². The van der Waals surface area contributed by atoms with Crippen LogP contribution in [-0.4, -0.2) is 26.4 Å². The van der Waals surface area contributed by atoms with Crippen LogP contribution in [0.4, 0.5) is 5.69 Å². The number of benzene rings is 1. The topological polar surface area (TPSA) is 42.5 Å². The van der Waals surface area contributed by atoms with Gasteiger partial charge in [0.1, 0.15) is 11.5 Å². The van der Waals surface area contributed by atoms with E-state index in [9.17, 15) is 0 Å². The molecule has 4 nitrogen and oxygen atoms in total. The quantitative estimate of drug-likeness (QED) is 0.767. The Morgan fingerprint density at radius 2 is 1.67 bits per heavy atom. The van der Waals surface area contributed by atoms with Gasteiger partial charge in [-0.1, -0.05) is 0 Å². The van der Waals surface area contributed by atoms with Gasteiger partial charge in [-0.25, -0.2) is 0 Å². The summed E-state index contributed by atoms with van der Waals surface area (Å²) in [6.07, 6.45) is 0. The Kier molecular flexibility index (Phi) is 4.17. The summed E-state index contributed by atoms with van der Waals surface area (Å²) in [6.45, 7) is 0. The molecule has 0 aromatic heterocycles. The smallest absolute Gasteiger partial charge is 0.170 e. The molecule has 0 bridgehead atoms. The monoisotopic (exact) mass is 226 g/mol. The van der Waals surface area contributed by atoms with Crippen molar-refractivity contribution in [2.75, 3.05) is 26.6 Å². The van der Waals surface area contributed by atoms with Crippen LogP contribution < -0.4 is 20.1 Å².